The summed E-state index contributed by atoms with van der Waals surface area (Å²) in [6.45, 7) is 0. The Morgan fingerprint density at radius 3 is 1.78 bits per heavy atom. The second-order valence-corrected chi connectivity index (χ2v) is 13.9. The highest BCUT2D eigenvalue weighted by Crippen LogP contribution is 2.56. The lowest BCUT2D eigenvalue weighted by Crippen LogP contribution is -2.28. The first kappa shape index (κ1) is 28.8. The summed E-state index contributed by atoms with van der Waals surface area (Å²) in [7, 11) is 0. The van der Waals surface area contributed by atoms with Crippen molar-refractivity contribution in [2.75, 3.05) is 0 Å². The summed E-state index contributed by atoms with van der Waals surface area (Å²) in [6, 6.07) is 65.5. The zero-order chi connectivity index (χ0) is 33.1. The van der Waals surface area contributed by atoms with Gasteiger partial charge in [-0.3, -0.25) is 0 Å². The van der Waals surface area contributed by atoms with Crippen molar-refractivity contribution in [1.29, 1.82) is 0 Å². The van der Waals surface area contributed by atoms with E-state index in [0.717, 1.165) is 33.9 Å². The molecule has 0 amide bonds. The van der Waals surface area contributed by atoms with Crippen LogP contribution in [0.3, 0.4) is 0 Å². The third-order valence-corrected chi connectivity index (χ3v) is 11.4. The van der Waals surface area contributed by atoms with Gasteiger partial charge in [0.25, 0.3) is 0 Å². The molecule has 0 N–H and O–H groups in total. The van der Waals surface area contributed by atoms with E-state index in [1.165, 1.54) is 53.6 Å². The Morgan fingerprint density at radius 1 is 0.400 bits per heavy atom. The number of benzene rings is 7. The van der Waals surface area contributed by atoms with Crippen molar-refractivity contribution in [3.05, 3.63) is 204 Å². The van der Waals surface area contributed by atoms with Crippen molar-refractivity contribution in [1.82, 2.24) is 9.97 Å². The summed E-state index contributed by atoms with van der Waals surface area (Å²) in [5.74, 6) is 0.720. The van der Waals surface area contributed by atoms with Crippen LogP contribution in [0.25, 0.3) is 65.2 Å². The molecule has 0 unspecified atom stereocenters. The molecule has 2 heterocycles. The van der Waals surface area contributed by atoms with Gasteiger partial charge in [-0.2, -0.15) is 0 Å². The number of rotatable bonds is 5. The van der Waals surface area contributed by atoms with Crippen molar-refractivity contribution in [3.8, 4) is 45.0 Å². The van der Waals surface area contributed by atoms with Gasteiger partial charge in [0, 0.05) is 36.9 Å². The predicted molar refractivity (Wildman–Crippen MR) is 209 cm³/mol. The quantitative estimate of drug-likeness (QED) is 0.185. The predicted octanol–water partition coefficient (Wildman–Crippen LogP) is 12.2. The van der Waals surface area contributed by atoms with Gasteiger partial charge >= 0.3 is 0 Å². The molecule has 2 nitrogen and oxygen atoms in total. The number of fused-ring (bicyclic) bond motifs is 6. The molecule has 7 aromatic carbocycles. The van der Waals surface area contributed by atoms with Gasteiger partial charge in [-0.05, 0) is 51.6 Å². The molecule has 0 radical (unpaired) electrons. The van der Waals surface area contributed by atoms with Gasteiger partial charge in [0.05, 0.1) is 16.8 Å². The number of hydrogen-bond donors (Lipinski definition) is 0. The fourth-order valence-electron chi connectivity index (χ4n) is 8.00. The van der Waals surface area contributed by atoms with Crippen LogP contribution in [-0.4, -0.2) is 9.97 Å². The maximum Gasteiger partial charge on any atom is 0.160 e. The van der Waals surface area contributed by atoms with Crippen molar-refractivity contribution in [2.45, 2.75) is 5.41 Å². The van der Waals surface area contributed by atoms with E-state index >= 15 is 0 Å². The summed E-state index contributed by atoms with van der Waals surface area (Å²) in [5, 5.41) is 2.54. The standard InChI is InChI=1S/C47H30N2S/c1-4-15-31(16-5-1)46-48-42(30-43(49-46)39-24-14-23-38-37-22-11-13-26-44(37)50-45(38)39)32-27-28-36-35-21-10-12-25-40(35)47(41(36)29-32,33-17-6-2-7-18-33)34-19-8-3-9-20-34/h1-30H. The van der Waals surface area contributed by atoms with E-state index in [2.05, 4.69) is 176 Å². The summed E-state index contributed by atoms with van der Waals surface area (Å²) >= 11 is 1.83. The second-order valence-electron chi connectivity index (χ2n) is 12.9. The van der Waals surface area contributed by atoms with Crippen molar-refractivity contribution < 1.29 is 0 Å². The van der Waals surface area contributed by atoms with Crippen molar-refractivity contribution >= 4 is 31.5 Å². The van der Waals surface area contributed by atoms with Crippen LogP contribution in [0.1, 0.15) is 22.3 Å². The van der Waals surface area contributed by atoms with E-state index in [9.17, 15) is 0 Å². The van der Waals surface area contributed by atoms with Crippen molar-refractivity contribution in [2.24, 2.45) is 0 Å². The lowest BCUT2D eigenvalue weighted by molar-refractivity contribution is 0.768. The summed E-state index contributed by atoms with van der Waals surface area (Å²) in [5.41, 5.74) is 12.1. The number of thiophene rings is 1. The first-order chi connectivity index (χ1) is 24.8. The molecule has 2 aromatic heterocycles. The van der Waals surface area contributed by atoms with Gasteiger partial charge in [0.1, 0.15) is 0 Å². The van der Waals surface area contributed by atoms with Gasteiger partial charge < -0.3 is 0 Å². The van der Waals surface area contributed by atoms with Crippen LogP contribution in [0.4, 0.5) is 0 Å². The van der Waals surface area contributed by atoms with Crippen molar-refractivity contribution in [3.63, 3.8) is 0 Å². The van der Waals surface area contributed by atoms with Gasteiger partial charge in [-0.15, -0.1) is 11.3 Å². The Morgan fingerprint density at radius 2 is 1.00 bits per heavy atom. The summed E-state index contributed by atoms with van der Waals surface area (Å²) in [6.07, 6.45) is 0. The molecule has 9 aromatic rings. The Bertz CT molecular complexity index is 2660. The zero-order valence-electron chi connectivity index (χ0n) is 27.1. The van der Waals surface area contributed by atoms with Crippen LogP contribution in [0.5, 0.6) is 0 Å². The first-order valence-corrected chi connectivity index (χ1v) is 17.8. The third-order valence-electron chi connectivity index (χ3n) is 10.2. The average Bonchev–Trinajstić information content (AvgIpc) is 3.72. The minimum Gasteiger partial charge on any atom is -0.228 e. The lowest BCUT2D eigenvalue weighted by Gasteiger charge is -2.34. The molecule has 0 saturated heterocycles. The van der Waals surface area contributed by atoms with Crippen LogP contribution >= 0.6 is 11.3 Å². The van der Waals surface area contributed by atoms with E-state index < -0.39 is 5.41 Å². The molecule has 1 aliphatic carbocycles. The average molecular weight is 655 g/mol. The molecule has 234 valence electrons. The zero-order valence-corrected chi connectivity index (χ0v) is 27.9. The van der Waals surface area contributed by atoms with Crippen LogP contribution in [0.15, 0.2) is 182 Å². The van der Waals surface area contributed by atoms with E-state index in [1.807, 2.05) is 17.4 Å². The monoisotopic (exact) mass is 654 g/mol. The molecule has 0 bridgehead atoms. The Kier molecular flexibility index (Phi) is 6.61. The molecule has 0 atom stereocenters. The fraction of sp³-hybridized carbons (Fsp3) is 0.0213. The van der Waals surface area contributed by atoms with Crippen LogP contribution in [0.2, 0.25) is 0 Å². The van der Waals surface area contributed by atoms with E-state index in [-0.39, 0.29) is 0 Å². The molecule has 0 saturated carbocycles. The number of nitrogens with zero attached hydrogens (tertiary/aromatic N) is 2. The van der Waals surface area contributed by atoms with Crippen LogP contribution in [0, 0.1) is 0 Å². The van der Waals surface area contributed by atoms with Gasteiger partial charge in [-0.1, -0.05) is 164 Å². The Hall–Kier alpha value is -6.16. The van der Waals surface area contributed by atoms with Gasteiger partial charge in [0.2, 0.25) is 0 Å². The second kappa shape index (κ2) is 11.5. The summed E-state index contributed by atoms with van der Waals surface area (Å²) < 4.78 is 2.53. The number of hydrogen-bond acceptors (Lipinski definition) is 3. The van der Waals surface area contributed by atoms with Gasteiger partial charge in [-0.25, -0.2) is 9.97 Å². The van der Waals surface area contributed by atoms with Crippen LogP contribution in [-0.2, 0) is 5.41 Å². The molecular weight excluding hydrogens is 625 g/mol. The Balaban J connectivity index is 1.24. The minimum atomic E-state index is -0.481. The fourth-order valence-corrected chi connectivity index (χ4v) is 9.23. The highest BCUT2D eigenvalue weighted by Gasteiger charge is 2.46. The highest BCUT2D eigenvalue weighted by molar-refractivity contribution is 7.26. The molecule has 10 rings (SSSR count). The SMILES string of the molecule is c1ccc(-c2nc(-c3ccc4c(c3)C(c3ccccc3)(c3ccccc3)c3ccccc3-4)cc(-c3cccc4c3sc3ccccc34)n2)cc1. The maximum atomic E-state index is 5.28. The van der Waals surface area contributed by atoms with Crippen LogP contribution < -0.4 is 0 Å². The van der Waals surface area contributed by atoms with E-state index in [1.54, 1.807) is 0 Å². The smallest absolute Gasteiger partial charge is 0.160 e. The minimum absolute atomic E-state index is 0.481. The number of aromatic nitrogens is 2. The molecule has 0 fully saturated rings. The molecule has 0 aliphatic heterocycles. The molecule has 1 aliphatic rings. The maximum absolute atomic E-state index is 5.28. The Labute approximate surface area is 295 Å². The third kappa shape index (κ3) is 4.34. The first-order valence-electron chi connectivity index (χ1n) is 17.0. The summed E-state index contributed by atoms with van der Waals surface area (Å²) in [4.78, 5) is 10.5. The normalized spacial score (nSPS) is 13.0. The molecule has 3 heteroatoms. The topological polar surface area (TPSA) is 25.8 Å². The molecular formula is C47H30N2S. The largest absolute Gasteiger partial charge is 0.228 e. The van der Waals surface area contributed by atoms with Gasteiger partial charge in [0.15, 0.2) is 5.82 Å². The van der Waals surface area contributed by atoms with E-state index in [0.29, 0.717) is 0 Å². The molecule has 0 spiro atoms. The lowest BCUT2D eigenvalue weighted by atomic mass is 9.67. The highest BCUT2D eigenvalue weighted by atomic mass is 32.1. The molecule has 50 heavy (non-hydrogen) atoms. The van der Waals surface area contributed by atoms with E-state index in [4.69, 9.17) is 9.97 Å².